The first kappa shape index (κ1) is 7.72. The van der Waals surface area contributed by atoms with Gasteiger partial charge in [-0.25, -0.2) is 14.2 Å². The van der Waals surface area contributed by atoms with E-state index in [1.165, 1.54) is 29.1 Å². The first-order chi connectivity index (χ1) is 6.20. The van der Waals surface area contributed by atoms with Gasteiger partial charge < -0.3 is 9.51 Å². The van der Waals surface area contributed by atoms with Crippen molar-refractivity contribution in [3.8, 4) is 0 Å². The van der Waals surface area contributed by atoms with E-state index in [4.69, 9.17) is 5.11 Å². The fourth-order valence-corrected chi connectivity index (χ4v) is 1.17. The monoisotopic (exact) mass is 180 g/mol. The third-order valence-corrected chi connectivity index (χ3v) is 1.71. The van der Waals surface area contributed by atoms with Crippen molar-refractivity contribution in [2.75, 3.05) is 0 Å². The number of imidazole rings is 1. The normalized spacial score (nSPS) is 10.5. The van der Waals surface area contributed by atoms with Crippen molar-refractivity contribution in [2.24, 2.45) is 0 Å². The molecule has 4 nitrogen and oxygen atoms in total. The lowest BCUT2D eigenvalue weighted by Crippen LogP contribution is -1.98. The molecular formula is C8H5FN2O2. The van der Waals surface area contributed by atoms with Gasteiger partial charge in [0.1, 0.15) is 17.7 Å². The molecule has 13 heavy (non-hydrogen) atoms. The lowest BCUT2D eigenvalue weighted by atomic mass is 10.3. The van der Waals surface area contributed by atoms with Crippen molar-refractivity contribution in [3.63, 3.8) is 0 Å². The Balaban J connectivity index is 2.86. The Morgan fingerprint density at radius 3 is 3.08 bits per heavy atom. The molecule has 2 aromatic rings. The standard InChI is InChI=1S/C8H5FN2O2/c9-5-2-1-3-11-4-10-6(7(5)11)8(12)13/h1-4H,(H,12,13). The number of nitrogens with zero attached hydrogens (tertiary/aromatic N) is 2. The first-order valence-corrected chi connectivity index (χ1v) is 3.54. The molecule has 0 aliphatic heterocycles. The summed E-state index contributed by atoms with van der Waals surface area (Å²) >= 11 is 0. The van der Waals surface area contributed by atoms with Crippen LogP contribution in [-0.2, 0) is 0 Å². The van der Waals surface area contributed by atoms with Crippen molar-refractivity contribution >= 4 is 11.5 Å². The van der Waals surface area contributed by atoms with Crippen LogP contribution < -0.4 is 0 Å². The van der Waals surface area contributed by atoms with Crippen LogP contribution in [0.15, 0.2) is 24.7 Å². The molecular weight excluding hydrogens is 175 g/mol. The van der Waals surface area contributed by atoms with Gasteiger partial charge in [0, 0.05) is 6.20 Å². The molecule has 0 atom stereocenters. The van der Waals surface area contributed by atoms with E-state index in [1.54, 1.807) is 0 Å². The van der Waals surface area contributed by atoms with Crippen LogP contribution in [-0.4, -0.2) is 20.5 Å². The SMILES string of the molecule is O=C(O)c1ncn2cccc(F)c12. The summed E-state index contributed by atoms with van der Waals surface area (Å²) in [5.74, 6) is -1.81. The molecule has 0 spiro atoms. The molecule has 0 saturated carbocycles. The Hall–Kier alpha value is -1.91. The molecule has 2 heterocycles. The smallest absolute Gasteiger partial charge is 0.356 e. The highest BCUT2D eigenvalue weighted by Crippen LogP contribution is 2.13. The summed E-state index contributed by atoms with van der Waals surface area (Å²) in [5, 5.41) is 8.65. The molecule has 0 radical (unpaired) electrons. The Kier molecular flexibility index (Phi) is 1.51. The maximum atomic E-state index is 13.1. The summed E-state index contributed by atoms with van der Waals surface area (Å²) in [4.78, 5) is 14.2. The molecule has 0 aromatic carbocycles. The molecule has 5 heteroatoms. The number of fused-ring (bicyclic) bond motifs is 1. The van der Waals surface area contributed by atoms with Crippen LogP contribution in [0.3, 0.4) is 0 Å². The molecule has 2 rings (SSSR count). The third-order valence-electron chi connectivity index (χ3n) is 1.71. The Labute approximate surface area is 72.3 Å². The van der Waals surface area contributed by atoms with Gasteiger partial charge in [0.15, 0.2) is 5.69 Å². The van der Waals surface area contributed by atoms with Gasteiger partial charge >= 0.3 is 5.97 Å². The quantitative estimate of drug-likeness (QED) is 0.716. The molecule has 0 unspecified atom stereocenters. The molecule has 2 aromatic heterocycles. The Morgan fingerprint density at radius 1 is 1.62 bits per heavy atom. The second-order valence-electron chi connectivity index (χ2n) is 2.51. The van der Waals surface area contributed by atoms with E-state index in [9.17, 15) is 9.18 Å². The molecule has 0 bridgehead atoms. The predicted octanol–water partition coefficient (Wildman–Crippen LogP) is 1.17. The lowest BCUT2D eigenvalue weighted by Gasteiger charge is -1.94. The van der Waals surface area contributed by atoms with Crippen molar-refractivity contribution < 1.29 is 14.3 Å². The van der Waals surface area contributed by atoms with Gasteiger partial charge in [-0.15, -0.1) is 0 Å². The van der Waals surface area contributed by atoms with Gasteiger partial charge in [-0.2, -0.15) is 0 Å². The number of halogens is 1. The minimum atomic E-state index is -1.23. The zero-order valence-electron chi connectivity index (χ0n) is 6.44. The average Bonchev–Trinajstić information content (AvgIpc) is 2.49. The number of carboxylic acid groups (broad SMARTS) is 1. The van der Waals surface area contributed by atoms with Gasteiger partial charge in [-0.05, 0) is 12.1 Å². The van der Waals surface area contributed by atoms with Gasteiger partial charge in [0.25, 0.3) is 0 Å². The highest BCUT2D eigenvalue weighted by molar-refractivity contribution is 5.93. The highest BCUT2D eigenvalue weighted by Gasteiger charge is 2.14. The van der Waals surface area contributed by atoms with E-state index in [-0.39, 0.29) is 11.2 Å². The number of hydrogen-bond acceptors (Lipinski definition) is 2. The van der Waals surface area contributed by atoms with Crippen LogP contribution in [0, 0.1) is 5.82 Å². The van der Waals surface area contributed by atoms with Crippen LogP contribution in [0.4, 0.5) is 4.39 Å². The Bertz CT molecular complexity index is 478. The number of aromatic nitrogens is 2. The zero-order chi connectivity index (χ0) is 9.42. The van der Waals surface area contributed by atoms with Crippen molar-refractivity contribution in [1.29, 1.82) is 0 Å². The van der Waals surface area contributed by atoms with Crippen molar-refractivity contribution in [3.05, 3.63) is 36.2 Å². The number of aromatic carboxylic acids is 1. The highest BCUT2D eigenvalue weighted by atomic mass is 19.1. The third kappa shape index (κ3) is 1.05. The first-order valence-electron chi connectivity index (χ1n) is 3.54. The van der Waals surface area contributed by atoms with E-state index >= 15 is 0 Å². The molecule has 0 fully saturated rings. The van der Waals surface area contributed by atoms with Crippen LogP contribution >= 0.6 is 0 Å². The minimum absolute atomic E-state index is 0.00463. The van der Waals surface area contributed by atoms with E-state index in [0.29, 0.717) is 0 Å². The average molecular weight is 180 g/mol. The summed E-state index contributed by atoms with van der Waals surface area (Å²) in [6, 6.07) is 2.68. The van der Waals surface area contributed by atoms with E-state index < -0.39 is 11.8 Å². The number of pyridine rings is 1. The van der Waals surface area contributed by atoms with E-state index in [2.05, 4.69) is 4.98 Å². The zero-order valence-corrected chi connectivity index (χ0v) is 6.44. The molecule has 0 aliphatic carbocycles. The van der Waals surface area contributed by atoms with Crippen LogP contribution in [0.2, 0.25) is 0 Å². The maximum Gasteiger partial charge on any atom is 0.356 e. The fraction of sp³-hybridized carbons (Fsp3) is 0. The van der Waals surface area contributed by atoms with Gasteiger partial charge in [-0.3, -0.25) is 0 Å². The van der Waals surface area contributed by atoms with Gasteiger partial charge in [-0.1, -0.05) is 0 Å². The molecule has 0 saturated heterocycles. The Morgan fingerprint density at radius 2 is 2.38 bits per heavy atom. The largest absolute Gasteiger partial charge is 0.476 e. The molecule has 66 valence electrons. The summed E-state index contributed by atoms with van der Waals surface area (Å²) in [7, 11) is 0. The van der Waals surface area contributed by atoms with Crippen molar-refractivity contribution in [2.45, 2.75) is 0 Å². The molecule has 0 aliphatic rings. The van der Waals surface area contributed by atoms with Crippen LogP contribution in [0.1, 0.15) is 10.5 Å². The number of carbonyl (C=O) groups is 1. The second-order valence-corrected chi connectivity index (χ2v) is 2.51. The van der Waals surface area contributed by atoms with Gasteiger partial charge in [0.2, 0.25) is 0 Å². The number of rotatable bonds is 1. The van der Waals surface area contributed by atoms with Gasteiger partial charge in [0.05, 0.1) is 0 Å². The fourth-order valence-electron chi connectivity index (χ4n) is 1.17. The topological polar surface area (TPSA) is 54.6 Å². The van der Waals surface area contributed by atoms with Crippen molar-refractivity contribution in [1.82, 2.24) is 9.38 Å². The lowest BCUT2D eigenvalue weighted by molar-refractivity contribution is 0.0693. The van der Waals surface area contributed by atoms with Crippen LogP contribution in [0.25, 0.3) is 5.52 Å². The second kappa shape index (κ2) is 2.55. The summed E-state index contributed by atoms with van der Waals surface area (Å²) < 4.78 is 14.4. The maximum absolute atomic E-state index is 13.1. The van der Waals surface area contributed by atoms with E-state index in [1.807, 2.05) is 0 Å². The number of carboxylic acids is 1. The summed E-state index contributed by atoms with van der Waals surface area (Å²) in [6.07, 6.45) is 2.81. The number of hydrogen-bond donors (Lipinski definition) is 1. The van der Waals surface area contributed by atoms with E-state index in [0.717, 1.165) is 0 Å². The van der Waals surface area contributed by atoms with Crippen LogP contribution in [0.5, 0.6) is 0 Å². The summed E-state index contributed by atoms with van der Waals surface area (Å²) in [5.41, 5.74) is -0.270. The minimum Gasteiger partial charge on any atom is -0.476 e. The predicted molar refractivity (Wildman–Crippen MR) is 42.1 cm³/mol. The molecule has 0 amide bonds. The summed E-state index contributed by atoms with van der Waals surface area (Å²) in [6.45, 7) is 0. The molecule has 1 N–H and O–H groups in total.